The topological polar surface area (TPSA) is 17.1 Å². The number of Topliss-reactive ketones (excluding diaryl/α,β-unsaturated/α-hetero) is 1. The summed E-state index contributed by atoms with van der Waals surface area (Å²) >= 11 is 9.40. The van der Waals surface area contributed by atoms with Crippen LogP contribution >= 0.6 is 27.5 Å². The summed E-state index contributed by atoms with van der Waals surface area (Å²) in [5.74, 6) is 0.276. The lowest BCUT2D eigenvalue weighted by molar-refractivity contribution is -0.118. The van der Waals surface area contributed by atoms with Crippen molar-refractivity contribution in [3.63, 3.8) is 0 Å². The molecule has 0 fully saturated rings. The summed E-state index contributed by atoms with van der Waals surface area (Å²) in [7, 11) is 0. The van der Waals surface area contributed by atoms with Crippen molar-refractivity contribution < 1.29 is 4.79 Å². The molecule has 1 aromatic rings. The number of rotatable bonds is 6. The minimum Gasteiger partial charge on any atom is -0.299 e. The van der Waals surface area contributed by atoms with Gasteiger partial charge in [0, 0.05) is 22.3 Å². The zero-order valence-electron chi connectivity index (χ0n) is 9.43. The Hall–Kier alpha value is -0.340. The Balaban J connectivity index is 2.49. The molecule has 1 aromatic carbocycles. The van der Waals surface area contributed by atoms with Crippen molar-refractivity contribution in [1.29, 1.82) is 0 Å². The second kappa shape index (κ2) is 7.08. The molecule has 3 heteroatoms. The van der Waals surface area contributed by atoms with E-state index in [2.05, 4.69) is 22.9 Å². The second-order valence-corrected chi connectivity index (χ2v) is 5.23. The van der Waals surface area contributed by atoms with E-state index in [0.717, 1.165) is 29.3 Å². The average Bonchev–Trinajstić information content (AvgIpc) is 2.23. The van der Waals surface area contributed by atoms with Crippen LogP contribution in [0.4, 0.5) is 0 Å². The van der Waals surface area contributed by atoms with E-state index in [1.165, 1.54) is 0 Å². The number of hydrogen-bond acceptors (Lipinski definition) is 1. The highest BCUT2D eigenvalue weighted by Gasteiger charge is 2.07. The van der Waals surface area contributed by atoms with Crippen LogP contribution in [0.2, 0.25) is 5.02 Å². The summed E-state index contributed by atoms with van der Waals surface area (Å²) < 4.78 is 0.944. The first-order chi connectivity index (χ1) is 7.63. The van der Waals surface area contributed by atoms with E-state index in [9.17, 15) is 4.79 Å². The summed E-state index contributed by atoms with van der Waals surface area (Å²) in [6.07, 6.45) is 4.38. The van der Waals surface area contributed by atoms with Gasteiger partial charge in [-0.05, 0) is 24.1 Å². The van der Waals surface area contributed by atoms with Gasteiger partial charge in [0.25, 0.3) is 0 Å². The number of unbranched alkanes of at least 4 members (excludes halogenated alkanes) is 2. The molecule has 0 aliphatic rings. The first kappa shape index (κ1) is 13.7. The van der Waals surface area contributed by atoms with Gasteiger partial charge in [-0.3, -0.25) is 4.79 Å². The highest BCUT2D eigenvalue weighted by Crippen LogP contribution is 2.22. The summed E-state index contributed by atoms with van der Waals surface area (Å²) in [4.78, 5) is 11.7. The number of hydrogen-bond donors (Lipinski definition) is 0. The Labute approximate surface area is 110 Å². The second-order valence-electron chi connectivity index (χ2n) is 3.91. The van der Waals surface area contributed by atoms with Crippen LogP contribution in [0.25, 0.3) is 0 Å². The van der Waals surface area contributed by atoms with Gasteiger partial charge in [-0.25, -0.2) is 0 Å². The molecule has 0 aliphatic heterocycles. The molecule has 1 nitrogen and oxygen atoms in total. The fourth-order valence-electron chi connectivity index (χ4n) is 1.54. The van der Waals surface area contributed by atoms with Gasteiger partial charge in [0.15, 0.2) is 0 Å². The predicted octanol–water partition coefficient (Wildman–Crippen LogP) is 4.79. The van der Waals surface area contributed by atoms with Gasteiger partial charge in [-0.2, -0.15) is 0 Å². The largest absolute Gasteiger partial charge is 0.299 e. The predicted molar refractivity (Wildman–Crippen MR) is 72.0 cm³/mol. The van der Waals surface area contributed by atoms with E-state index in [-0.39, 0.29) is 5.78 Å². The molecule has 0 atom stereocenters. The fourth-order valence-corrected chi connectivity index (χ4v) is 2.28. The highest BCUT2D eigenvalue weighted by molar-refractivity contribution is 9.10. The molecule has 0 aliphatic carbocycles. The van der Waals surface area contributed by atoms with E-state index >= 15 is 0 Å². The van der Waals surface area contributed by atoms with Gasteiger partial charge in [0.05, 0.1) is 0 Å². The number of carbonyl (C=O) groups is 1. The van der Waals surface area contributed by atoms with Crippen molar-refractivity contribution in [2.45, 2.75) is 39.0 Å². The average molecular weight is 304 g/mol. The van der Waals surface area contributed by atoms with Crippen LogP contribution in [0.5, 0.6) is 0 Å². The van der Waals surface area contributed by atoms with E-state index in [1.807, 2.05) is 18.2 Å². The molecular weight excluding hydrogens is 287 g/mol. The smallest absolute Gasteiger partial charge is 0.137 e. The normalized spacial score (nSPS) is 10.4. The maximum absolute atomic E-state index is 11.7. The third-order valence-corrected chi connectivity index (χ3v) is 3.31. The quantitative estimate of drug-likeness (QED) is 0.690. The molecule has 0 spiro atoms. The molecule has 0 bridgehead atoms. The summed E-state index contributed by atoms with van der Waals surface area (Å²) in [5, 5.41) is 0.665. The number of ketones is 1. The first-order valence-corrected chi connectivity index (χ1v) is 6.76. The van der Waals surface area contributed by atoms with Crippen LogP contribution < -0.4 is 0 Å². The molecule has 0 saturated carbocycles. The van der Waals surface area contributed by atoms with E-state index in [4.69, 9.17) is 11.6 Å². The third-order valence-electron chi connectivity index (χ3n) is 2.46. The van der Waals surface area contributed by atoms with Gasteiger partial charge in [-0.15, -0.1) is 0 Å². The fraction of sp³-hybridized carbons (Fsp3) is 0.462. The highest BCUT2D eigenvalue weighted by atomic mass is 79.9. The van der Waals surface area contributed by atoms with Gasteiger partial charge >= 0.3 is 0 Å². The van der Waals surface area contributed by atoms with Gasteiger partial charge in [-0.1, -0.05) is 53.4 Å². The lowest BCUT2D eigenvalue weighted by Crippen LogP contribution is -2.02. The molecule has 16 heavy (non-hydrogen) atoms. The van der Waals surface area contributed by atoms with Gasteiger partial charge in [0.2, 0.25) is 0 Å². The number of carbonyl (C=O) groups excluding carboxylic acids is 1. The van der Waals surface area contributed by atoms with Crippen molar-refractivity contribution in [3.05, 3.63) is 33.3 Å². The molecule has 0 amide bonds. The Morgan fingerprint density at radius 3 is 2.75 bits per heavy atom. The molecule has 0 radical (unpaired) electrons. The zero-order chi connectivity index (χ0) is 12.0. The van der Waals surface area contributed by atoms with Gasteiger partial charge in [0.1, 0.15) is 5.78 Å². The minimum atomic E-state index is 0.276. The van der Waals surface area contributed by atoms with Crippen LogP contribution in [0, 0.1) is 0 Å². The molecule has 0 N–H and O–H groups in total. The summed E-state index contributed by atoms with van der Waals surface area (Å²) in [5.41, 5.74) is 0.923. The van der Waals surface area contributed by atoms with Crippen molar-refractivity contribution in [3.8, 4) is 0 Å². The molecule has 0 aromatic heterocycles. The Bertz CT molecular complexity index is 363. The third kappa shape index (κ3) is 4.67. The molecule has 1 rings (SSSR count). The van der Waals surface area contributed by atoms with Crippen molar-refractivity contribution in [1.82, 2.24) is 0 Å². The maximum Gasteiger partial charge on any atom is 0.137 e. The molecular formula is C13H16BrClO. The van der Waals surface area contributed by atoms with Crippen molar-refractivity contribution >= 4 is 33.3 Å². The Morgan fingerprint density at radius 2 is 2.12 bits per heavy atom. The number of benzene rings is 1. The van der Waals surface area contributed by atoms with Crippen LogP contribution in [0.3, 0.4) is 0 Å². The van der Waals surface area contributed by atoms with E-state index in [1.54, 1.807) is 0 Å². The summed E-state index contributed by atoms with van der Waals surface area (Å²) in [6, 6.07) is 5.65. The van der Waals surface area contributed by atoms with Crippen molar-refractivity contribution in [2.75, 3.05) is 0 Å². The molecule has 0 heterocycles. The van der Waals surface area contributed by atoms with Crippen LogP contribution in [0.15, 0.2) is 22.7 Å². The standard InChI is InChI=1S/C13H16BrClO/c1-2-3-4-5-12(16)8-10-6-7-11(14)9-13(10)15/h6-7,9H,2-5,8H2,1H3. The summed E-state index contributed by atoms with van der Waals surface area (Å²) in [6.45, 7) is 2.13. The molecule has 0 saturated heterocycles. The lowest BCUT2D eigenvalue weighted by Gasteiger charge is -2.04. The number of halogens is 2. The van der Waals surface area contributed by atoms with Crippen LogP contribution in [-0.4, -0.2) is 5.78 Å². The monoisotopic (exact) mass is 302 g/mol. The van der Waals surface area contributed by atoms with Crippen LogP contribution in [-0.2, 0) is 11.2 Å². The van der Waals surface area contributed by atoms with E-state index in [0.29, 0.717) is 17.9 Å². The van der Waals surface area contributed by atoms with Crippen LogP contribution in [0.1, 0.15) is 38.2 Å². The van der Waals surface area contributed by atoms with Gasteiger partial charge < -0.3 is 0 Å². The van der Waals surface area contributed by atoms with E-state index < -0.39 is 0 Å². The first-order valence-electron chi connectivity index (χ1n) is 5.59. The maximum atomic E-state index is 11.7. The molecule has 0 unspecified atom stereocenters. The Kier molecular flexibility index (Phi) is 6.07. The zero-order valence-corrected chi connectivity index (χ0v) is 11.8. The van der Waals surface area contributed by atoms with Crippen molar-refractivity contribution in [2.24, 2.45) is 0 Å². The molecule has 88 valence electrons. The lowest BCUT2D eigenvalue weighted by atomic mass is 10.0. The SMILES string of the molecule is CCCCCC(=O)Cc1ccc(Br)cc1Cl. The Morgan fingerprint density at radius 1 is 1.38 bits per heavy atom. The minimum absolute atomic E-state index is 0.276.